The van der Waals surface area contributed by atoms with Crippen LogP contribution in [0.1, 0.15) is 6.42 Å². The SMILES string of the molecule is O=C1C[C@H](NS(=O)(=O)c2ccc([N+](=O)[O-])cc2)CN1c1ccc(Cl)cc1. The first kappa shape index (κ1) is 18.3. The van der Waals surface area contributed by atoms with E-state index in [1.807, 2.05) is 0 Å². The summed E-state index contributed by atoms with van der Waals surface area (Å²) in [5.41, 5.74) is 0.436. The van der Waals surface area contributed by atoms with E-state index in [0.717, 1.165) is 24.3 Å². The summed E-state index contributed by atoms with van der Waals surface area (Å²) in [5, 5.41) is 11.2. The number of non-ortho nitro benzene ring substituents is 1. The third-order valence-electron chi connectivity index (χ3n) is 3.94. The molecule has 0 aromatic heterocycles. The van der Waals surface area contributed by atoms with Crippen molar-refractivity contribution in [3.05, 3.63) is 63.7 Å². The fourth-order valence-corrected chi connectivity index (χ4v) is 4.04. The molecule has 10 heteroatoms. The Morgan fingerprint density at radius 3 is 2.31 bits per heavy atom. The van der Waals surface area contributed by atoms with E-state index in [4.69, 9.17) is 11.6 Å². The van der Waals surface area contributed by atoms with Gasteiger partial charge in [-0.3, -0.25) is 14.9 Å². The molecule has 8 nitrogen and oxygen atoms in total. The molecular weight excluding hydrogens is 382 g/mol. The number of carbonyl (C=O) groups is 1. The van der Waals surface area contributed by atoms with E-state index >= 15 is 0 Å². The fraction of sp³-hybridized carbons (Fsp3) is 0.188. The van der Waals surface area contributed by atoms with Crippen LogP contribution in [0.15, 0.2) is 53.4 Å². The lowest BCUT2D eigenvalue weighted by atomic mass is 10.3. The van der Waals surface area contributed by atoms with Crippen molar-refractivity contribution in [2.45, 2.75) is 17.4 Å². The van der Waals surface area contributed by atoms with Gasteiger partial charge in [0, 0.05) is 41.9 Å². The Labute approximate surface area is 154 Å². The van der Waals surface area contributed by atoms with Gasteiger partial charge in [-0.25, -0.2) is 13.1 Å². The van der Waals surface area contributed by atoms with E-state index in [0.29, 0.717) is 10.7 Å². The molecule has 1 atom stereocenters. The van der Waals surface area contributed by atoms with Crippen LogP contribution in [-0.2, 0) is 14.8 Å². The summed E-state index contributed by atoms with van der Waals surface area (Å²) in [6.07, 6.45) is 0.0227. The molecule has 2 aromatic rings. The maximum atomic E-state index is 12.4. The van der Waals surface area contributed by atoms with E-state index in [-0.39, 0.29) is 29.5 Å². The molecule has 0 radical (unpaired) electrons. The molecule has 0 bridgehead atoms. The summed E-state index contributed by atoms with van der Waals surface area (Å²) < 4.78 is 27.3. The van der Waals surface area contributed by atoms with E-state index in [2.05, 4.69) is 4.72 Å². The average molecular weight is 396 g/mol. The molecule has 1 saturated heterocycles. The van der Waals surface area contributed by atoms with Crippen molar-refractivity contribution in [3.8, 4) is 0 Å². The number of benzene rings is 2. The highest BCUT2D eigenvalue weighted by Gasteiger charge is 2.33. The van der Waals surface area contributed by atoms with Crippen molar-refractivity contribution < 1.29 is 18.1 Å². The molecular formula is C16H14ClN3O5S. The van der Waals surface area contributed by atoms with Crippen molar-refractivity contribution in [3.63, 3.8) is 0 Å². The Hall–Kier alpha value is -2.49. The Balaban J connectivity index is 1.73. The predicted octanol–water partition coefficient (Wildman–Crippen LogP) is 2.33. The van der Waals surface area contributed by atoms with Gasteiger partial charge in [0.2, 0.25) is 15.9 Å². The van der Waals surface area contributed by atoms with Crippen LogP contribution in [-0.4, -0.2) is 31.8 Å². The molecule has 136 valence electrons. The highest BCUT2D eigenvalue weighted by Crippen LogP contribution is 2.24. The van der Waals surface area contributed by atoms with Gasteiger partial charge in [-0.15, -0.1) is 0 Å². The van der Waals surface area contributed by atoms with Crippen LogP contribution < -0.4 is 9.62 Å². The first-order valence-corrected chi connectivity index (χ1v) is 9.45. The Morgan fingerprint density at radius 2 is 1.73 bits per heavy atom. The van der Waals surface area contributed by atoms with Gasteiger partial charge in [-0.1, -0.05) is 11.6 Å². The van der Waals surface area contributed by atoms with Crippen LogP contribution in [0.2, 0.25) is 5.02 Å². The highest BCUT2D eigenvalue weighted by molar-refractivity contribution is 7.89. The smallest absolute Gasteiger partial charge is 0.269 e. The van der Waals surface area contributed by atoms with Crippen molar-refractivity contribution in [2.24, 2.45) is 0 Å². The van der Waals surface area contributed by atoms with Crippen molar-refractivity contribution in [1.82, 2.24) is 4.72 Å². The Bertz CT molecular complexity index is 945. The topological polar surface area (TPSA) is 110 Å². The van der Waals surface area contributed by atoms with Gasteiger partial charge >= 0.3 is 0 Å². The zero-order valence-electron chi connectivity index (χ0n) is 13.3. The summed E-state index contributed by atoms with van der Waals surface area (Å²) in [6.45, 7) is 0.187. The van der Waals surface area contributed by atoms with Gasteiger partial charge in [-0.2, -0.15) is 0 Å². The quantitative estimate of drug-likeness (QED) is 0.617. The van der Waals surface area contributed by atoms with Crippen molar-refractivity contribution >= 4 is 38.9 Å². The van der Waals surface area contributed by atoms with Gasteiger partial charge < -0.3 is 4.90 Å². The number of halogens is 1. The minimum Gasteiger partial charge on any atom is -0.311 e. The Kier molecular flexibility index (Phi) is 4.94. The number of amides is 1. The minimum atomic E-state index is -3.89. The number of nitro groups is 1. The number of anilines is 1. The molecule has 3 rings (SSSR count). The standard InChI is InChI=1S/C16H14ClN3O5S/c17-11-1-3-13(4-2-11)19-10-12(9-16(19)21)18-26(24,25)15-7-5-14(6-8-15)20(22)23/h1-8,12,18H,9-10H2/t12-/m0/s1. The number of nitrogens with zero attached hydrogens (tertiary/aromatic N) is 2. The van der Waals surface area contributed by atoms with Gasteiger partial charge in [0.1, 0.15) is 0 Å². The molecule has 1 fully saturated rings. The summed E-state index contributed by atoms with van der Waals surface area (Å²) in [6, 6.07) is 10.6. The summed E-state index contributed by atoms with van der Waals surface area (Å²) in [4.78, 5) is 23.6. The molecule has 0 unspecified atom stereocenters. The van der Waals surface area contributed by atoms with Gasteiger partial charge in [0.25, 0.3) is 5.69 Å². The van der Waals surface area contributed by atoms with Crippen LogP contribution in [0.5, 0.6) is 0 Å². The molecule has 1 aliphatic heterocycles. The second-order valence-corrected chi connectivity index (χ2v) is 7.90. The molecule has 2 aromatic carbocycles. The number of hydrogen-bond donors (Lipinski definition) is 1. The molecule has 0 spiro atoms. The lowest BCUT2D eigenvalue weighted by Crippen LogP contribution is -2.37. The maximum absolute atomic E-state index is 12.4. The van der Waals surface area contributed by atoms with E-state index in [1.54, 1.807) is 24.3 Å². The minimum absolute atomic E-state index is 0.0227. The van der Waals surface area contributed by atoms with E-state index in [1.165, 1.54) is 4.90 Å². The molecule has 1 amide bonds. The van der Waals surface area contributed by atoms with Gasteiger partial charge in [0.15, 0.2) is 0 Å². The second-order valence-electron chi connectivity index (χ2n) is 5.75. The second kappa shape index (κ2) is 7.02. The zero-order chi connectivity index (χ0) is 18.9. The summed E-state index contributed by atoms with van der Waals surface area (Å²) in [5.74, 6) is -0.205. The van der Waals surface area contributed by atoms with E-state index in [9.17, 15) is 23.3 Å². The van der Waals surface area contributed by atoms with Crippen LogP contribution in [0.3, 0.4) is 0 Å². The fourth-order valence-electron chi connectivity index (χ4n) is 2.69. The maximum Gasteiger partial charge on any atom is 0.269 e. The summed E-state index contributed by atoms with van der Waals surface area (Å²) >= 11 is 5.83. The summed E-state index contributed by atoms with van der Waals surface area (Å²) in [7, 11) is -3.89. The molecule has 0 saturated carbocycles. The number of sulfonamides is 1. The third kappa shape index (κ3) is 3.85. The predicted molar refractivity (Wildman–Crippen MR) is 95.6 cm³/mol. The third-order valence-corrected chi connectivity index (χ3v) is 5.73. The lowest BCUT2D eigenvalue weighted by Gasteiger charge is -2.17. The Morgan fingerprint density at radius 1 is 1.12 bits per heavy atom. The van der Waals surface area contributed by atoms with Crippen LogP contribution >= 0.6 is 11.6 Å². The van der Waals surface area contributed by atoms with Crippen LogP contribution in [0.4, 0.5) is 11.4 Å². The van der Waals surface area contributed by atoms with Crippen LogP contribution in [0, 0.1) is 10.1 Å². The molecule has 1 aliphatic rings. The van der Waals surface area contributed by atoms with Crippen molar-refractivity contribution in [1.29, 1.82) is 0 Å². The van der Waals surface area contributed by atoms with Crippen molar-refractivity contribution in [2.75, 3.05) is 11.4 Å². The monoisotopic (exact) mass is 395 g/mol. The number of nitro benzene ring substituents is 1. The van der Waals surface area contributed by atoms with E-state index < -0.39 is 21.0 Å². The molecule has 1 N–H and O–H groups in total. The molecule has 1 heterocycles. The molecule has 26 heavy (non-hydrogen) atoms. The number of carbonyl (C=O) groups excluding carboxylic acids is 1. The first-order chi connectivity index (χ1) is 12.3. The normalized spacial score (nSPS) is 17.5. The number of rotatable bonds is 5. The highest BCUT2D eigenvalue weighted by atomic mass is 35.5. The largest absolute Gasteiger partial charge is 0.311 e. The number of hydrogen-bond acceptors (Lipinski definition) is 5. The first-order valence-electron chi connectivity index (χ1n) is 7.59. The lowest BCUT2D eigenvalue weighted by molar-refractivity contribution is -0.384. The van der Waals surface area contributed by atoms with Gasteiger partial charge in [0.05, 0.1) is 9.82 Å². The zero-order valence-corrected chi connectivity index (χ0v) is 14.9. The average Bonchev–Trinajstić information content (AvgIpc) is 2.95. The number of nitrogens with one attached hydrogen (secondary N) is 1. The molecule has 0 aliphatic carbocycles. The van der Waals surface area contributed by atoms with Crippen LogP contribution in [0.25, 0.3) is 0 Å². The van der Waals surface area contributed by atoms with Gasteiger partial charge in [-0.05, 0) is 36.4 Å².